The molecular formula is C15H15ClN2O3. The Morgan fingerprint density at radius 2 is 1.95 bits per heavy atom. The Balaban J connectivity index is 1.76. The number of nitrogens with zero attached hydrogens (tertiary/aromatic N) is 1. The molecule has 0 spiro atoms. The third-order valence-electron chi connectivity index (χ3n) is 2.72. The highest BCUT2D eigenvalue weighted by molar-refractivity contribution is 6.32. The lowest BCUT2D eigenvalue weighted by molar-refractivity contribution is 0.0947. The molecule has 1 heterocycles. The lowest BCUT2D eigenvalue weighted by atomic mass is 10.3. The zero-order valence-electron chi connectivity index (χ0n) is 11.5. The van der Waals surface area contributed by atoms with Gasteiger partial charge in [0, 0.05) is 6.20 Å². The smallest absolute Gasteiger partial charge is 0.254 e. The highest BCUT2D eigenvalue weighted by atomic mass is 35.5. The Morgan fingerprint density at radius 1 is 1.24 bits per heavy atom. The van der Waals surface area contributed by atoms with Crippen LogP contribution in [0.15, 0.2) is 42.6 Å². The predicted molar refractivity (Wildman–Crippen MR) is 80.1 cm³/mol. The molecule has 5 nitrogen and oxygen atoms in total. The van der Waals surface area contributed by atoms with Gasteiger partial charge in [-0.15, -0.1) is 0 Å². The zero-order valence-corrected chi connectivity index (χ0v) is 12.3. The molecule has 0 aliphatic rings. The normalized spacial score (nSPS) is 10.0. The van der Waals surface area contributed by atoms with Gasteiger partial charge in [0.05, 0.1) is 19.2 Å². The van der Waals surface area contributed by atoms with E-state index in [1.54, 1.807) is 31.4 Å². The van der Waals surface area contributed by atoms with Gasteiger partial charge in [-0.3, -0.25) is 4.79 Å². The number of ether oxygens (including phenoxy) is 2. The van der Waals surface area contributed by atoms with Gasteiger partial charge in [-0.25, -0.2) is 4.98 Å². The summed E-state index contributed by atoms with van der Waals surface area (Å²) in [6, 6.07) is 10.5. The summed E-state index contributed by atoms with van der Waals surface area (Å²) in [5, 5.41) is 2.91. The Morgan fingerprint density at radius 3 is 2.62 bits per heavy atom. The van der Waals surface area contributed by atoms with Crippen LogP contribution in [0.4, 0.5) is 0 Å². The second-order valence-electron chi connectivity index (χ2n) is 4.12. The Kier molecular flexibility index (Phi) is 5.40. The molecule has 1 amide bonds. The van der Waals surface area contributed by atoms with Crippen molar-refractivity contribution in [1.29, 1.82) is 0 Å². The number of hydrogen-bond donors (Lipinski definition) is 1. The predicted octanol–water partition coefficient (Wildman–Crippen LogP) is 2.55. The quantitative estimate of drug-likeness (QED) is 0.658. The van der Waals surface area contributed by atoms with Crippen LogP contribution in [0.1, 0.15) is 10.4 Å². The molecule has 0 atom stereocenters. The van der Waals surface area contributed by atoms with Crippen molar-refractivity contribution in [1.82, 2.24) is 10.3 Å². The van der Waals surface area contributed by atoms with E-state index in [4.69, 9.17) is 21.1 Å². The number of carbonyl (C=O) groups is 1. The van der Waals surface area contributed by atoms with Crippen LogP contribution in [0.5, 0.6) is 11.5 Å². The van der Waals surface area contributed by atoms with E-state index in [2.05, 4.69) is 10.3 Å². The maximum Gasteiger partial charge on any atom is 0.254 e. The first-order valence-corrected chi connectivity index (χ1v) is 6.74. The average Bonchev–Trinajstić information content (AvgIpc) is 2.52. The molecule has 0 aliphatic heterocycles. The van der Waals surface area contributed by atoms with Crippen molar-refractivity contribution in [2.45, 2.75) is 0 Å². The molecule has 21 heavy (non-hydrogen) atoms. The van der Waals surface area contributed by atoms with Gasteiger partial charge in [0.15, 0.2) is 0 Å². The molecule has 1 N–H and O–H groups in total. The molecule has 0 saturated heterocycles. The van der Waals surface area contributed by atoms with Gasteiger partial charge < -0.3 is 14.8 Å². The SMILES string of the molecule is COc1ccc(OCCNC(=O)c2cccnc2Cl)cc1. The van der Waals surface area contributed by atoms with Crippen LogP contribution in [0.25, 0.3) is 0 Å². The topological polar surface area (TPSA) is 60.5 Å². The summed E-state index contributed by atoms with van der Waals surface area (Å²) >= 11 is 5.84. The van der Waals surface area contributed by atoms with Gasteiger partial charge in [-0.2, -0.15) is 0 Å². The summed E-state index contributed by atoms with van der Waals surface area (Å²) < 4.78 is 10.6. The number of rotatable bonds is 6. The van der Waals surface area contributed by atoms with Crippen molar-refractivity contribution in [2.75, 3.05) is 20.3 Å². The van der Waals surface area contributed by atoms with Crippen LogP contribution >= 0.6 is 11.6 Å². The minimum atomic E-state index is -0.272. The summed E-state index contributed by atoms with van der Waals surface area (Å²) in [6.45, 7) is 0.728. The number of methoxy groups -OCH3 is 1. The number of pyridine rings is 1. The van der Waals surface area contributed by atoms with Crippen LogP contribution in [-0.2, 0) is 0 Å². The van der Waals surface area contributed by atoms with E-state index in [9.17, 15) is 4.79 Å². The van der Waals surface area contributed by atoms with Gasteiger partial charge in [-0.05, 0) is 36.4 Å². The van der Waals surface area contributed by atoms with Crippen molar-refractivity contribution < 1.29 is 14.3 Å². The molecule has 0 aliphatic carbocycles. The van der Waals surface area contributed by atoms with Crippen LogP contribution in [-0.4, -0.2) is 31.2 Å². The summed E-state index contributed by atoms with van der Waals surface area (Å²) in [5.41, 5.74) is 0.351. The van der Waals surface area contributed by atoms with Crippen molar-refractivity contribution in [2.24, 2.45) is 0 Å². The minimum Gasteiger partial charge on any atom is -0.497 e. The van der Waals surface area contributed by atoms with Crippen molar-refractivity contribution >= 4 is 17.5 Å². The van der Waals surface area contributed by atoms with Gasteiger partial charge >= 0.3 is 0 Å². The molecule has 0 unspecified atom stereocenters. The number of halogens is 1. The average molecular weight is 307 g/mol. The fourth-order valence-corrected chi connectivity index (χ4v) is 1.86. The molecule has 1 aromatic carbocycles. The molecule has 110 valence electrons. The number of benzene rings is 1. The van der Waals surface area contributed by atoms with Crippen molar-refractivity contribution in [3.05, 3.63) is 53.3 Å². The highest BCUT2D eigenvalue weighted by Crippen LogP contribution is 2.16. The number of amides is 1. The van der Waals surface area contributed by atoms with E-state index >= 15 is 0 Å². The van der Waals surface area contributed by atoms with Crippen LogP contribution in [0.2, 0.25) is 5.15 Å². The standard InChI is InChI=1S/C15H15ClN2O3/c1-20-11-4-6-12(7-5-11)21-10-9-18-15(19)13-3-2-8-17-14(13)16/h2-8H,9-10H2,1H3,(H,18,19). The van der Waals surface area contributed by atoms with E-state index in [0.717, 1.165) is 5.75 Å². The first-order chi connectivity index (χ1) is 10.2. The van der Waals surface area contributed by atoms with E-state index < -0.39 is 0 Å². The Bertz CT molecular complexity index is 602. The summed E-state index contributed by atoms with van der Waals surface area (Å²) in [5.74, 6) is 1.21. The fourth-order valence-electron chi connectivity index (χ4n) is 1.66. The molecule has 6 heteroatoms. The van der Waals surface area contributed by atoms with Crippen LogP contribution in [0, 0.1) is 0 Å². The first-order valence-electron chi connectivity index (χ1n) is 6.36. The van der Waals surface area contributed by atoms with Crippen molar-refractivity contribution in [3.8, 4) is 11.5 Å². The maximum absolute atomic E-state index is 11.9. The lowest BCUT2D eigenvalue weighted by Gasteiger charge is -2.08. The van der Waals surface area contributed by atoms with E-state index in [1.807, 2.05) is 12.1 Å². The highest BCUT2D eigenvalue weighted by Gasteiger charge is 2.09. The first kappa shape index (κ1) is 15.1. The molecule has 0 fully saturated rings. The second kappa shape index (κ2) is 7.50. The summed E-state index contributed by atoms with van der Waals surface area (Å²) in [4.78, 5) is 15.7. The third kappa shape index (κ3) is 4.36. The van der Waals surface area contributed by atoms with Gasteiger partial charge in [0.2, 0.25) is 0 Å². The van der Waals surface area contributed by atoms with E-state index in [1.165, 1.54) is 6.20 Å². The number of carbonyl (C=O) groups excluding carboxylic acids is 1. The van der Waals surface area contributed by atoms with E-state index in [0.29, 0.717) is 24.5 Å². The third-order valence-corrected chi connectivity index (χ3v) is 3.02. The zero-order chi connectivity index (χ0) is 15.1. The molecule has 2 rings (SSSR count). The number of nitrogens with one attached hydrogen (secondary N) is 1. The van der Waals surface area contributed by atoms with Crippen LogP contribution in [0.3, 0.4) is 0 Å². The molecular weight excluding hydrogens is 292 g/mol. The Labute approximate surface area is 127 Å². The number of aromatic nitrogens is 1. The lowest BCUT2D eigenvalue weighted by Crippen LogP contribution is -2.28. The molecule has 0 saturated carbocycles. The van der Waals surface area contributed by atoms with Gasteiger partial charge in [0.1, 0.15) is 23.3 Å². The minimum absolute atomic E-state index is 0.186. The van der Waals surface area contributed by atoms with Gasteiger partial charge in [0.25, 0.3) is 5.91 Å². The number of hydrogen-bond acceptors (Lipinski definition) is 4. The van der Waals surface area contributed by atoms with Gasteiger partial charge in [-0.1, -0.05) is 11.6 Å². The van der Waals surface area contributed by atoms with E-state index in [-0.39, 0.29) is 11.1 Å². The van der Waals surface area contributed by atoms with Crippen LogP contribution < -0.4 is 14.8 Å². The summed E-state index contributed by atoms with van der Waals surface area (Å²) in [7, 11) is 1.61. The Hall–Kier alpha value is -2.27. The molecule has 0 radical (unpaired) electrons. The molecule has 2 aromatic rings. The summed E-state index contributed by atoms with van der Waals surface area (Å²) in [6.07, 6.45) is 1.53. The maximum atomic E-state index is 11.9. The largest absolute Gasteiger partial charge is 0.497 e. The second-order valence-corrected chi connectivity index (χ2v) is 4.48. The molecule has 1 aromatic heterocycles. The molecule has 0 bridgehead atoms. The monoisotopic (exact) mass is 306 g/mol. The fraction of sp³-hybridized carbons (Fsp3) is 0.200. The van der Waals surface area contributed by atoms with Crippen molar-refractivity contribution in [3.63, 3.8) is 0 Å².